The molecule has 1 saturated carbocycles. The number of hydrogen-bond acceptors (Lipinski definition) is 3. The molecule has 10 heteroatoms. The lowest BCUT2D eigenvalue weighted by Crippen LogP contribution is -2.67. The maximum Gasteiger partial charge on any atom is 0.319 e. The summed E-state index contributed by atoms with van der Waals surface area (Å²) in [5.74, 6) is -0.0320. The van der Waals surface area contributed by atoms with Crippen molar-refractivity contribution in [3.8, 4) is 0 Å². The molecule has 0 radical (unpaired) electrons. The van der Waals surface area contributed by atoms with Gasteiger partial charge in [-0.1, -0.05) is 12.1 Å². The van der Waals surface area contributed by atoms with E-state index in [0.29, 0.717) is 24.3 Å². The van der Waals surface area contributed by atoms with Gasteiger partial charge in [-0.15, -0.1) is 0 Å². The topological polar surface area (TPSA) is 83.7 Å². The molecule has 1 aliphatic carbocycles. The molecule has 3 amide bonds. The molecule has 5 rings (SSSR count). The van der Waals surface area contributed by atoms with E-state index in [0.717, 1.165) is 18.5 Å². The molecule has 1 aromatic carbocycles. The first-order valence-electron chi connectivity index (χ1n) is 10.1. The number of rotatable bonds is 4. The lowest BCUT2D eigenvalue weighted by Gasteiger charge is -2.58. The highest BCUT2D eigenvalue weighted by molar-refractivity contribution is 6.00. The molecular formula is C21H22F2N6O2. The minimum absolute atomic E-state index is 0.00580. The summed E-state index contributed by atoms with van der Waals surface area (Å²) in [5, 5.41) is 9.70. The Balaban J connectivity index is 1.12. The number of carbonyl (C=O) groups is 2. The fourth-order valence-corrected chi connectivity index (χ4v) is 4.73. The molecule has 0 bridgehead atoms. The van der Waals surface area contributed by atoms with E-state index in [-0.39, 0.29) is 22.9 Å². The van der Waals surface area contributed by atoms with E-state index in [1.54, 1.807) is 23.0 Å². The third-order valence-electron chi connectivity index (χ3n) is 6.20. The summed E-state index contributed by atoms with van der Waals surface area (Å²) in [6.45, 7) is 1.31. The van der Waals surface area contributed by atoms with Gasteiger partial charge < -0.3 is 20.1 Å². The van der Waals surface area contributed by atoms with E-state index in [1.165, 1.54) is 18.2 Å². The normalized spacial score (nSPS) is 17.6. The van der Waals surface area contributed by atoms with Crippen LogP contribution >= 0.6 is 0 Å². The molecule has 1 spiro atoms. The lowest BCUT2D eigenvalue weighted by atomic mass is 9.60. The second-order valence-electron chi connectivity index (χ2n) is 8.53. The Morgan fingerprint density at radius 2 is 2.00 bits per heavy atom. The molecule has 31 heavy (non-hydrogen) atoms. The van der Waals surface area contributed by atoms with Crippen molar-refractivity contribution >= 4 is 23.3 Å². The van der Waals surface area contributed by atoms with Crippen molar-refractivity contribution < 1.29 is 18.4 Å². The van der Waals surface area contributed by atoms with Crippen LogP contribution < -0.4 is 10.6 Å². The van der Waals surface area contributed by atoms with Crippen LogP contribution in [0.4, 0.5) is 19.3 Å². The van der Waals surface area contributed by atoms with Crippen LogP contribution in [0.2, 0.25) is 0 Å². The van der Waals surface area contributed by atoms with Crippen LogP contribution in [0.1, 0.15) is 35.2 Å². The van der Waals surface area contributed by atoms with Crippen LogP contribution in [-0.4, -0.2) is 50.2 Å². The summed E-state index contributed by atoms with van der Waals surface area (Å²) in [7, 11) is 1.88. The first kappa shape index (κ1) is 19.5. The van der Waals surface area contributed by atoms with Crippen molar-refractivity contribution in [2.75, 3.05) is 18.4 Å². The van der Waals surface area contributed by atoms with Gasteiger partial charge in [0.25, 0.3) is 12.3 Å². The van der Waals surface area contributed by atoms with Gasteiger partial charge in [0.05, 0.1) is 6.20 Å². The van der Waals surface area contributed by atoms with Crippen molar-refractivity contribution in [3.05, 3.63) is 54.0 Å². The molecular weight excluding hydrogens is 406 g/mol. The molecule has 3 aromatic rings. The van der Waals surface area contributed by atoms with Crippen molar-refractivity contribution in [1.29, 1.82) is 0 Å². The van der Waals surface area contributed by atoms with Crippen molar-refractivity contribution in [2.24, 2.45) is 12.5 Å². The van der Waals surface area contributed by atoms with Gasteiger partial charge in [0, 0.05) is 55.2 Å². The molecule has 0 unspecified atom stereocenters. The molecule has 2 fully saturated rings. The summed E-state index contributed by atoms with van der Waals surface area (Å²) in [6.07, 6.45) is 4.25. The number of nitrogens with zero attached hydrogens (tertiary/aromatic N) is 4. The summed E-state index contributed by atoms with van der Waals surface area (Å²) in [5.41, 5.74) is 1.60. The van der Waals surface area contributed by atoms with Gasteiger partial charge in [-0.2, -0.15) is 5.10 Å². The Morgan fingerprint density at radius 1 is 1.23 bits per heavy atom. The van der Waals surface area contributed by atoms with Crippen molar-refractivity contribution in [3.63, 3.8) is 0 Å². The number of alkyl halides is 2. The first-order valence-corrected chi connectivity index (χ1v) is 10.1. The summed E-state index contributed by atoms with van der Waals surface area (Å²) >= 11 is 0. The van der Waals surface area contributed by atoms with E-state index in [4.69, 9.17) is 0 Å². The molecule has 1 aliphatic heterocycles. The number of nitrogens with one attached hydrogen (secondary N) is 2. The number of hydrogen-bond donors (Lipinski definition) is 2. The zero-order chi connectivity index (χ0) is 21.8. The quantitative estimate of drug-likeness (QED) is 0.670. The number of carbonyl (C=O) groups excluding carboxylic acids is 2. The fourth-order valence-electron chi connectivity index (χ4n) is 4.73. The van der Waals surface area contributed by atoms with Crippen LogP contribution in [0.15, 0.2) is 42.9 Å². The smallest absolute Gasteiger partial charge is 0.319 e. The Bertz CT molecular complexity index is 1160. The highest BCUT2D eigenvalue weighted by Crippen LogP contribution is 2.48. The fraction of sp³-hybridized carbons (Fsp3) is 0.381. The monoisotopic (exact) mass is 428 g/mol. The lowest BCUT2D eigenvalue weighted by molar-refractivity contribution is -0.0582. The number of fused-ring (bicyclic) bond motifs is 1. The number of aromatic nitrogens is 3. The van der Waals surface area contributed by atoms with Gasteiger partial charge in [0.1, 0.15) is 11.2 Å². The van der Waals surface area contributed by atoms with Crippen molar-refractivity contribution in [1.82, 2.24) is 24.4 Å². The van der Waals surface area contributed by atoms with Gasteiger partial charge in [-0.3, -0.25) is 4.79 Å². The molecule has 8 nitrogen and oxygen atoms in total. The van der Waals surface area contributed by atoms with Crippen LogP contribution in [0.5, 0.6) is 0 Å². The number of likely N-dealkylation sites (tertiary alicyclic amines) is 1. The largest absolute Gasteiger partial charge is 0.337 e. The Kier molecular flexibility index (Phi) is 4.45. The highest BCUT2D eigenvalue weighted by Gasteiger charge is 2.54. The summed E-state index contributed by atoms with van der Waals surface area (Å²) in [6, 6.07) is 5.24. The molecule has 162 valence electrons. The molecule has 1 saturated heterocycles. The van der Waals surface area contributed by atoms with Gasteiger partial charge in [-0.25, -0.2) is 18.1 Å². The minimum atomic E-state index is -2.58. The molecule has 2 N–H and O–H groups in total. The third-order valence-corrected chi connectivity index (χ3v) is 6.20. The average Bonchev–Trinajstić information content (AvgIpc) is 3.25. The third kappa shape index (κ3) is 3.41. The average molecular weight is 428 g/mol. The maximum atomic E-state index is 12.8. The van der Waals surface area contributed by atoms with Gasteiger partial charge >= 0.3 is 6.03 Å². The van der Waals surface area contributed by atoms with Crippen LogP contribution in [0.25, 0.3) is 5.65 Å². The number of halogens is 2. The van der Waals surface area contributed by atoms with Gasteiger partial charge in [0.15, 0.2) is 0 Å². The van der Waals surface area contributed by atoms with E-state index >= 15 is 0 Å². The Morgan fingerprint density at radius 3 is 2.74 bits per heavy atom. The standard InChI is InChI=1S/C21H22F2N6O2/c1-27-5-6-29-18(27)16(10-24-29)19(30)28-11-21(12-28)8-15(9-21)26-20(31)25-14-4-2-3-13(7-14)17(22)23/h2-7,10,15,17H,8-9,11-12H2,1H3,(H2,25,26,31). The Hall–Kier alpha value is -3.43. The summed E-state index contributed by atoms with van der Waals surface area (Å²) < 4.78 is 29.1. The number of urea groups is 1. The van der Waals surface area contributed by atoms with Gasteiger partial charge in [-0.05, 0) is 25.0 Å². The summed E-state index contributed by atoms with van der Waals surface area (Å²) in [4.78, 5) is 26.8. The number of imidazole rings is 1. The zero-order valence-electron chi connectivity index (χ0n) is 16.9. The molecule has 3 heterocycles. The van der Waals surface area contributed by atoms with E-state index in [1.807, 2.05) is 22.7 Å². The van der Waals surface area contributed by atoms with Gasteiger partial charge in [0.2, 0.25) is 0 Å². The van der Waals surface area contributed by atoms with E-state index in [9.17, 15) is 18.4 Å². The molecule has 2 aliphatic rings. The minimum Gasteiger partial charge on any atom is -0.337 e. The number of benzene rings is 1. The van der Waals surface area contributed by atoms with E-state index < -0.39 is 12.5 Å². The number of aryl methyl sites for hydroxylation is 1. The maximum absolute atomic E-state index is 12.8. The SMILES string of the molecule is Cn1ccn2ncc(C(=O)N3CC4(CC(NC(=O)Nc5cccc(C(F)F)c5)C4)C3)c12. The zero-order valence-corrected chi connectivity index (χ0v) is 16.9. The predicted octanol–water partition coefficient (Wildman–Crippen LogP) is 3.04. The van der Waals surface area contributed by atoms with Crippen LogP contribution in [0.3, 0.4) is 0 Å². The first-order chi connectivity index (χ1) is 14.8. The second-order valence-corrected chi connectivity index (χ2v) is 8.53. The van der Waals surface area contributed by atoms with E-state index in [2.05, 4.69) is 15.7 Å². The van der Waals surface area contributed by atoms with Crippen LogP contribution in [0, 0.1) is 5.41 Å². The number of amides is 3. The predicted molar refractivity (Wildman–Crippen MR) is 109 cm³/mol. The highest BCUT2D eigenvalue weighted by atomic mass is 19.3. The van der Waals surface area contributed by atoms with Crippen molar-refractivity contribution in [2.45, 2.75) is 25.3 Å². The van der Waals surface area contributed by atoms with Crippen LogP contribution in [-0.2, 0) is 7.05 Å². The Labute approximate surface area is 176 Å². The second kappa shape index (κ2) is 7.07. The molecule has 0 atom stereocenters. The molecule has 2 aromatic heterocycles. The number of anilines is 1.